The van der Waals surface area contributed by atoms with Crippen molar-refractivity contribution >= 4 is 11.9 Å². The summed E-state index contributed by atoms with van der Waals surface area (Å²) in [7, 11) is 0. The third kappa shape index (κ3) is 42.5. The smallest absolute Gasteiger partial charge is 0.308 e. The lowest BCUT2D eigenvalue weighted by atomic mass is 9.94. The first-order valence-corrected chi connectivity index (χ1v) is 27.8. The molecule has 6 heteroatoms. The SMILES string of the molecule is CCCC/C=C/CCC(CCCCCCCCCC)C(=O)OCCCCCCN(CCCCO)CCCCCCOC(=O)C(CCCCCCCC)CCCCCCCCCC. The molecule has 0 heterocycles. The van der Waals surface area contributed by atoms with E-state index < -0.39 is 0 Å². The lowest BCUT2D eigenvalue weighted by molar-refractivity contribution is -0.150. The third-order valence-electron chi connectivity index (χ3n) is 13.1. The van der Waals surface area contributed by atoms with Crippen molar-refractivity contribution in [1.82, 2.24) is 4.90 Å². The van der Waals surface area contributed by atoms with Gasteiger partial charge in [0.25, 0.3) is 0 Å². The number of allylic oxidation sites excluding steroid dienone is 2. The molecule has 0 aromatic rings. The molecule has 0 aliphatic rings. The molecular formula is C56H109NO5. The van der Waals surface area contributed by atoms with Crippen molar-refractivity contribution in [3.63, 3.8) is 0 Å². The number of aliphatic hydroxyl groups is 1. The number of unbranched alkanes of at least 4 members (excludes halogenated alkanes) is 28. The summed E-state index contributed by atoms with van der Waals surface area (Å²) in [6, 6.07) is 0. The first-order chi connectivity index (χ1) is 30.5. The van der Waals surface area contributed by atoms with Crippen molar-refractivity contribution in [2.24, 2.45) is 11.8 Å². The Morgan fingerprint density at radius 3 is 1.11 bits per heavy atom. The van der Waals surface area contributed by atoms with E-state index in [1.165, 1.54) is 135 Å². The number of rotatable bonds is 51. The van der Waals surface area contributed by atoms with E-state index in [4.69, 9.17) is 9.47 Å². The summed E-state index contributed by atoms with van der Waals surface area (Å²) in [5.41, 5.74) is 0. The van der Waals surface area contributed by atoms with E-state index in [9.17, 15) is 14.7 Å². The van der Waals surface area contributed by atoms with Gasteiger partial charge in [0.1, 0.15) is 0 Å². The Kier molecular flexibility index (Phi) is 49.5. The van der Waals surface area contributed by atoms with Gasteiger partial charge in [0.2, 0.25) is 0 Å². The second-order valence-electron chi connectivity index (χ2n) is 19.1. The van der Waals surface area contributed by atoms with Crippen LogP contribution >= 0.6 is 0 Å². The van der Waals surface area contributed by atoms with E-state index in [2.05, 4.69) is 44.7 Å². The summed E-state index contributed by atoms with van der Waals surface area (Å²) in [5.74, 6) is 0.219. The van der Waals surface area contributed by atoms with Gasteiger partial charge in [-0.15, -0.1) is 0 Å². The summed E-state index contributed by atoms with van der Waals surface area (Å²) >= 11 is 0. The zero-order chi connectivity index (χ0) is 45.2. The molecule has 368 valence electrons. The number of ether oxygens (including phenoxy) is 2. The van der Waals surface area contributed by atoms with Gasteiger partial charge in [-0.25, -0.2) is 0 Å². The fourth-order valence-electron chi connectivity index (χ4n) is 8.78. The van der Waals surface area contributed by atoms with Gasteiger partial charge < -0.3 is 19.5 Å². The molecule has 62 heavy (non-hydrogen) atoms. The van der Waals surface area contributed by atoms with Gasteiger partial charge >= 0.3 is 11.9 Å². The maximum atomic E-state index is 13.2. The summed E-state index contributed by atoms with van der Waals surface area (Å²) in [6.07, 6.45) is 52.1. The molecule has 2 atom stereocenters. The van der Waals surface area contributed by atoms with Gasteiger partial charge in [0, 0.05) is 6.61 Å². The van der Waals surface area contributed by atoms with E-state index >= 15 is 0 Å². The highest BCUT2D eigenvalue weighted by Crippen LogP contribution is 2.22. The monoisotopic (exact) mass is 876 g/mol. The van der Waals surface area contributed by atoms with E-state index in [1.807, 2.05) is 0 Å². The fraction of sp³-hybridized carbons (Fsp3) is 0.929. The fourth-order valence-corrected chi connectivity index (χ4v) is 8.78. The Morgan fingerprint density at radius 2 is 0.710 bits per heavy atom. The Morgan fingerprint density at radius 1 is 0.387 bits per heavy atom. The summed E-state index contributed by atoms with van der Waals surface area (Å²) in [6.45, 7) is 13.6. The molecule has 0 amide bonds. The molecule has 0 aliphatic heterocycles. The number of nitrogens with zero attached hydrogens (tertiary/aromatic N) is 1. The van der Waals surface area contributed by atoms with Crippen LogP contribution in [0, 0.1) is 11.8 Å². The second kappa shape index (κ2) is 50.6. The molecule has 2 unspecified atom stereocenters. The molecule has 1 N–H and O–H groups in total. The average Bonchev–Trinajstić information content (AvgIpc) is 3.27. The van der Waals surface area contributed by atoms with Crippen LogP contribution in [0.4, 0.5) is 0 Å². The van der Waals surface area contributed by atoms with Crippen LogP contribution in [0.3, 0.4) is 0 Å². The summed E-state index contributed by atoms with van der Waals surface area (Å²) in [4.78, 5) is 28.9. The van der Waals surface area contributed by atoms with Crippen LogP contribution in [0.15, 0.2) is 12.2 Å². The highest BCUT2D eigenvalue weighted by molar-refractivity contribution is 5.72. The van der Waals surface area contributed by atoms with E-state index in [0.29, 0.717) is 13.2 Å². The molecule has 0 radical (unpaired) electrons. The van der Waals surface area contributed by atoms with Gasteiger partial charge in [-0.2, -0.15) is 0 Å². The zero-order valence-electron chi connectivity index (χ0n) is 42.4. The summed E-state index contributed by atoms with van der Waals surface area (Å²) in [5, 5.41) is 9.38. The van der Waals surface area contributed by atoms with E-state index in [-0.39, 0.29) is 30.4 Å². The second-order valence-corrected chi connectivity index (χ2v) is 19.1. The van der Waals surface area contributed by atoms with Crippen molar-refractivity contribution in [1.29, 1.82) is 0 Å². The number of carbonyl (C=O) groups excluding carboxylic acids is 2. The zero-order valence-corrected chi connectivity index (χ0v) is 42.4. The highest BCUT2D eigenvalue weighted by atomic mass is 16.5. The number of hydrogen-bond donors (Lipinski definition) is 1. The van der Waals surface area contributed by atoms with Crippen LogP contribution < -0.4 is 0 Å². The molecule has 6 nitrogen and oxygen atoms in total. The topological polar surface area (TPSA) is 76.1 Å². The maximum absolute atomic E-state index is 13.2. The predicted molar refractivity (Wildman–Crippen MR) is 269 cm³/mol. The molecule has 0 saturated heterocycles. The van der Waals surface area contributed by atoms with Crippen LogP contribution in [-0.4, -0.2) is 61.4 Å². The van der Waals surface area contributed by atoms with Crippen LogP contribution in [-0.2, 0) is 19.1 Å². The minimum atomic E-state index is 0.0323. The Bertz CT molecular complexity index is 939. The van der Waals surface area contributed by atoms with Crippen LogP contribution in [0.2, 0.25) is 0 Å². The van der Waals surface area contributed by atoms with Gasteiger partial charge in [-0.05, 0) is 96.7 Å². The van der Waals surface area contributed by atoms with Gasteiger partial charge in [-0.1, -0.05) is 220 Å². The van der Waals surface area contributed by atoms with Gasteiger partial charge in [-0.3, -0.25) is 9.59 Å². The lowest BCUT2D eigenvalue weighted by Crippen LogP contribution is -2.27. The minimum absolute atomic E-state index is 0.0323. The van der Waals surface area contributed by atoms with Crippen molar-refractivity contribution in [2.45, 2.75) is 285 Å². The average molecular weight is 876 g/mol. The van der Waals surface area contributed by atoms with Crippen LogP contribution in [0.1, 0.15) is 285 Å². The Hall–Kier alpha value is -1.40. The molecule has 0 aromatic carbocycles. The van der Waals surface area contributed by atoms with Crippen molar-refractivity contribution < 1.29 is 24.2 Å². The van der Waals surface area contributed by atoms with Crippen molar-refractivity contribution in [3.8, 4) is 0 Å². The Balaban J connectivity index is 4.50. The highest BCUT2D eigenvalue weighted by Gasteiger charge is 2.20. The van der Waals surface area contributed by atoms with E-state index in [0.717, 1.165) is 142 Å². The molecule has 0 aliphatic carbocycles. The van der Waals surface area contributed by atoms with Crippen LogP contribution in [0.5, 0.6) is 0 Å². The summed E-state index contributed by atoms with van der Waals surface area (Å²) < 4.78 is 11.8. The first-order valence-electron chi connectivity index (χ1n) is 27.8. The molecule has 0 aromatic heterocycles. The van der Waals surface area contributed by atoms with Gasteiger partial charge in [0.05, 0.1) is 25.0 Å². The Labute approximate surface area is 387 Å². The third-order valence-corrected chi connectivity index (χ3v) is 13.1. The number of carbonyl (C=O) groups is 2. The first kappa shape index (κ1) is 60.6. The quantitative estimate of drug-likeness (QED) is 0.0373. The van der Waals surface area contributed by atoms with Crippen LogP contribution in [0.25, 0.3) is 0 Å². The minimum Gasteiger partial charge on any atom is -0.465 e. The van der Waals surface area contributed by atoms with Crippen molar-refractivity contribution in [2.75, 3.05) is 39.5 Å². The largest absolute Gasteiger partial charge is 0.465 e. The molecule has 0 rings (SSSR count). The van der Waals surface area contributed by atoms with Crippen molar-refractivity contribution in [3.05, 3.63) is 12.2 Å². The number of esters is 2. The standard InChI is InChI=1S/C56H109NO5/c1-5-9-13-17-21-23-27-35-45-53(43-33-25-19-15-11-7-3)55(59)61-51-41-31-29-37-47-57(49-39-40-50-58)48-38-30-32-42-52-62-56(60)54(44-34-26-20-16-12-8-4)46-36-28-24-22-18-14-10-6-2/h19,25,53-54,58H,5-18,20-24,26-52H2,1-4H3/b25-19+. The normalized spacial score (nSPS) is 12.7. The predicted octanol–water partition coefficient (Wildman–Crippen LogP) is 16.8. The molecule has 0 spiro atoms. The van der Waals surface area contributed by atoms with E-state index in [1.54, 1.807) is 0 Å². The molecule has 0 bridgehead atoms. The van der Waals surface area contributed by atoms with Gasteiger partial charge in [0.15, 0.2) is 0 Å². The molecular weight excluding hydrogens is 767 g/mol. The lowest BCUT2D eigenvalue weighted by Gasteiger charge is -2.22. The maximum Gasteiger partial charge on any atom is 0.308 e. The molecule has 0 saturated carbocycles. The molecule has 0 fully saturated rings. The number of aliphatic hydroxyl groups excluding tert-OH is 1. The number of hydrogen-bond acceptors (Lipinski definition) is 6.